The molecular weight excluding hydrogens is 338 g/mol. The number of likely N-dealkylation sites (tertiary alicyclic amines) is 1. The van der Waals surface area contributed by atoms with E-state index in [1.165, 1.54) is 17.0 Å². The van der Waals surface area contributed by atoms with Crippen molar-refractivity contribution in [2.24, 2.45) is 5.41 Å². The Hall–Kier alpha value is -1.56. The minimum absolute atomic E-state index is 0.119. The van der Waals surface area contributed by atoms with Gasteiger partial charge in [-0.05, 0) is 36.5 Å². The lowest BCUT2D eigenvalue weighted by molar-refractivity contribution is -0.148. The van der Waals surface area contributed by atoms with Crippen LogP contribution >= 0.6 is 15.9 Å². The van der Waals surface area contributed by atoms with Crippen LogP contribution in [0.2, 0.25) is 0 Å². The number of amides is 1. The van der Waals surface area contributed by atoms with E-state index in [4.69, 9.17) is 0 Å². The van der Waals surface area contributed by atoms with Gasteiger partial charge >= 0.3 is 5.97 Å². The predicted molar refractivity (Wildman–Crippen MR) is 81.3 cm³/mol. The fourth-order valence-electron chi connectivity index (χ4n) is 2.91. The number of rotatable bonds is 2. The lowest BCUT2D eigenvalue weighted by Crippen LogP contribution is -2.56. The lowest BCUT2D eigenvalue weighted by Gasteiger charge is -2.44. The fourth-order valence-corrected chi connectivity index (χ4v) is 3.27. The first-order valence-electron chi connectivity index (χ1n) is 6.76. The normalized spacial score (nSPS) is 21.1. The molecule has 1 heterocycles. The van der Waals surface area contributed by atoms with Gasteiger partial charge in [-0.2, -0.15) is 0 Å². The van der Waals surface area contributed by atoms with Crippen LogP contribution in [-0.2, 0) is 4.79 Å². The maximum atomic E-state index is 12.7. The molecule has 1 aliphatic rings. The molecule has 21 heavy (non-hydrogen) atoms. The van der Waals surface area contributed by atoms with Crippen LogP contribution in [0, 0.1) is 5.41 Å². The molecule has 5 nitrogen and oxygen atoms in total. The van der Waals surface area contributed by atoms with Gasteiger partial charge in [0.2, 0.25) is 0 Å². The van der Waals surface area contributed by atoms with E-state index in [1.54, 1.807) is 6.07 Å². The van der Waals surface area contributed by atoms with E-state index in [0.717, 1.165) is 12.8 Å². The van der Waals surface area contributed by atoms with Gasteiger partial charge in [0, 0.05) is 11.0 Å². The van der Waals surface area contributed by atoms with Gasteiger partial charge in [-0.1, -0.05) is 29.8 Å². The Labute approximate surface area is 131 Å². The number of phenolic OH excluding ortho intramolecular Hbond substituents is 1. The van der Waals surface area contributed by atoms with Crippen molar-refractivity contribution in [1.29, 1.82) is 0 Å². The van der Waals surface area contributed by atoms with E-state index in [-0.39, 0.29) is 11.3 Å². The summed E-state index contributed by atoms with van der Waals surface area (Å²) >= 11 is 3.26. The summed E-state index contributed by atoms with van der Waals surface area (Å²) in [5.74, 6) is -1.60. The average Bonchev–Trinajstić information content (AvgIpc) is 2.38. The molecule has 0 radical (unpaired) electrons. The molecule has 1 fully saturated rings. The highest BCUT2D eigenvalue weighted by Crippen LogP contribution is 2.37. The quantitative estimate of drug-likeness (QED) is 0.854. The Morgan fingerprint density at radius 1 is 1.38 bits per heavy atom. The molecule has 0 saturated carbocycles. The van der Waals surface area contributed by atoms with E-state index in [2.05, 4.69) is 15.9 Å². The number of phenols is 1. The summed E-state index contributed by atoms with van der Waals surface area (Å²) in [4.78, 5) is 25.6. The Morgan fingerprint density at radius 2 is 2.05 bits per heavy atom. The molecular formula is C15H18BrNO4. The summed E-state index contributed by atoms with van der Waals surface area (Å²) in [5.41, 5.74) is -0.380. The number of halogens is 1. The average molecular weight is 356 g/mol. The molecule has 1 aromatic rings. The first-order chi connectivity index (χ1) is 9.74. The number of aromatic hydroxyl groups is 1. The molecule has 114 valence electrons. The molecule has 2 N–H and O–H groups in total. The first-order valence-corrected chi connectivity index (χ1v) is 7.55. The first kappa shape index (κ1) is 15.8. The van der Waals surface area contributed by atoms with E-state index in [1.807, 2.05) is 13.8 Å². The summed E-state index contributed by atoms with van der Waals surface area (Å²) in [7, 11) is 0. The molecule has 0 spiro atoms. The van der Waals surface area contributed by atoms with Gasteiger partial charge < -0.3 is 15.1 Å². The summed E-state index contributed by atoms with van der Waals surface area (Å²) < 4.78 is 0.659. The third-order valence-corrected chi connectivity index (χ3v) is 4.45. The standard InChI is InChI=1S/C15H18BrNO4/c1-15(2)6-3-7-17(12(15)14(20)21)13(19)10-8-9(16)4-5-11(10)18/h4-5,8,12,18H,3,6-7H2,1-2H3,(H,20,21). The molecule has 2 rings (SSSR count). The number of benzene rings is 1. The highest BCUT2D eigenvalue weighted by atomic mass is 79.9. The van der Waals surface area contributed by atoms with Crippen LogP contribution < -0.4 is 0 Å². The molecule has 1 saturated heterocycles. The van der Waals surface area contributed by atoms with Gasteiger partial charge in [0.1, 0.15) is 11.8 Å². The minimum Gasteiger partial charge on any atom is -0.507 e. The van der Waals surface area contributed by atoms with Crippen LogP contribution in [0.5, 0.6) is 5.75 Å². The van der Waals surface area contributed by atoms with Crippen molar-refractivity contribution in [1.82, 2.24) is 4.90 Å². The zero-order chi connectivity index (χ0) is 15.8. The number of carboxylic acid groups (broad SMARTS) is 1. The number of hydrogen-bond acceptors (Lipinski definition) is 3. The highest BCUT2D eigenvalue weighted by Gasteiger charge is 2.45. The second-order valence-electron chi connectivity index (χ2n) is 5.99. The van der Waals surface area contributed by atoms with E-state index < -0.39 is 23.3 Å². The monoisotopic (exact) mass is 355 g/mol. The smallest absolute Gasteiger partial charge is 0.326 e. The van der Waals surface area contributed by atoms with Gasteiger partial charge in [0.15, 0.2) is 0 Å². The minimum atomic E-state index is -1.01. The van der Waals surface area contributed by atoms with Crippen molar-refractivity contribution in [3.05, 3.63) is 28.2 Å². The topological polar surface area (TPSA) is 77.8 Å². The molecule has 1 aliphatic heterocycles. The van der Waals surface area contributed by atoms with Crippen LogP contribution in [0.4, 0.5) is 0 Å². The Balaban J connectivity index is 2.41. The van der Waals surface area contributed by atoms with Gasteiger partial charge in [-0.25, -0.2) is 4.79 Å². The van der Waals surface area contributed by atoms with Crippen LogP contribution in [0.25, 0.3) is 0 Å². The molecule has 0 bridgehead atoms. The largest absolute Gasteiger partial charge is 0.507 e. The number of nitrogens with zero attached hydrogens (tertiary/aromatic N) is 1. The van der Waals surface area contributed by atoms with E-state index >= 15 is 0 Å². The Morgan fingerprint density at radius 3 is 2.67 bits per heavy atom. The zero-order valence-electron chi connectivity index (χ0n) is 12.0. The van der Waals surface area contributed by atoms with E-state index in [0.29, 0.717) is 11.0 Å². The molecule has 6 heteroatoms. The van der Waals surface area contributed by atoms with Crippen molar-refractivity contribution < 1.29 is 19.8 Å². The van der Waals surface area contributed by atoms with Crippen molar-refractivity contribution in [3.63, 3.8) is 0 Å². The summed E-state index contributed by atoms with van der Waals surface area (Å²) in [6.07, 6.45) is 1.50. The maximum Gasteiger partial charge on any atom is 0.326 e. The summed E-state index contributed by atoms with van der Waals surface area (Å²) in [6, 6.07) is 3.67. The SMILES string of the molecule is CC1(C)CCCN(C(=O)c2cc(Br)ccc2O)C1C(=O)O. The van der Waals surface area contributed by atoms with Crippen LogP contribution in [-0.4, -0.2) is 39.6 Å². The predicted octanol–water partition coefficient (Wildman–Crippen LogP) is 2.87. The third-order valence-electron chi connectivity index (χ3n) is 3.96. The third kappa shape index (κ3) is 3.05. The number of aliphatic carboxylic acids is 1. The Bertz CT molecular complexity index is 585. The number of piperidine rings is 1. The second kappa shape index (κ2) is 5.67. The molecule has 1 amide bonds. The summed E-state index contributed by atoms with van der Waals surface area (Å²) in [6.45, 7) is 4.09. The van der Waals surface area contributed by atoms with Crippen molar-refractivity contribution in [2.75, 3.05) is 6.54 Å². The zero-order valence-corrected chi connectivity index (χ0v) is 13.6. The molecule has 0 aliphatic carbocycles. The molecule has 1 unspecified atom stereocenters. The number of hydrogen-bond donors (Lipinski definition) is 2. The van der Waals surface area contributed by atoms with Gasteiger partial charge in [-0.3, -0.25) is 4.79 Å². The van der Waals surface area contributed by atoms with Gasteiger partial charge in [0.25, 0.3) is 5.91 Å². The fraction of sp³-hybridized carbons (Fsp3) is 0.467. The van der Waals surface area contributed by atoms with Crippen molar-refractivity contribution in [3.8, 4) is 5.75 Å². The van der Waals surface area contributed by atoms with Crippen molar-refractivity contribution in [2.45, 2.75) is 32.7 Å². The van der Waals surface area contributed by atoms with Crippen LogP contribution in [0.3, 0.4) is 0 Å². The highest BCUT2D eigenvalue weighted by molar-refractivity contribution is 9.10. The maximum absolute atomic E-state index is 12.7. The van der Waals surface area contributed by atoms with Crippen LogP contribution in [0.1, 0.15) is 37.0 Å². The van der Waals surface area contributed by atoms with Gasteiger partial charge in [-0.15, -0.1) is 0 Å². The molecule has 0 aromatic heterocycles. The number of carboxylic acids is 1. The van der Waals surface area contributed by atoms with Crippen LogP contribution in [0.15, 0.2) is 22.7 Å². The second-order valence-corrected chi connectivity index (χ2v) is 6.91. The lowest BCUT2D eigenvalue weighted by atomic mass is 9.76. The number of carbonyl (C=O) groups is 2. The van der Waals surface area contributed by atoms with E-state index in [9.17, 15) is 19.8 Å². The van der Waals surface area contributed by atoms with Crippen molar-refractivity contribution >= 4 is 27.8 Å². The summed E-state index contributed by atoms with van der Waals surface area (Å²) in [5, 5.41) is 19.4. The molecule has 1 aromatic carbocycles. The number of carbonyl (C=O) groups excluding carboxylic acids is 1. The van der Waals surface area contributed by atoms with Gasteiger partial charge in [0.05, 0.1) is 5.56 Å². The molecule has 1 atom stereocenters. The Kier molecular flexibility index (Phi) is 4.27.